The van der Waals surface area contributed by atoms with Crippen LogP contribution >= 0.6 is 0 Å². The van der Waals surface area contributed by atoms with Crippen molar-refractivity contribution in [3.05, 3.63) is 12.2 Å². The van der Waals surface area contributed by atoms with Crippen LogP contribution < -0.4 is 0 Å². The molecule has 2 nitrogen and oxygen atoms in total. The number of hydrogen-bond acceptors (Lipinski definition) is 2. The van der Waals surface area contributed by atoms with Crippen LogP contribution in [0.5, 0.6) is 0 Å². The van der Waals surface area contributed by atoms with Gasteiger partial charge in [0, 0.05) is 5.57 Å². The monoisotopic (exact) mass is 312 g/mol. The van der Waals surface area contributed by atoms with E-state index in [0.717, 1.165) is 6.92 Å². The average Bonchev–Trinajstić information content (AvgIpc) is 2.26. The van der Waals surface area contributed by atoms with Crippen LogP contribution in [0.3, 0.4) is 0 Å². The average molecular weight is 312 g/mol. The Bertz CT molecular complexity index is 447. The third-order valence-electron chi connectivity index (χ3n) is 2.72. The summed E-state index contributed by atoms with van der Waals surface area (Å²) < 4.78 is 108. The summed E-state index contributed by atoms with van der Waals surface area (Å²) in [4.78, 5) is 10.9. The lowest BCUT2D eigenvalue weighted by Gasteiger charge is -2.45. The maximum Gasteiger partial charge on any atom is 0.384 e. The summed E-state index contributed by atoms with van der Waals surface area (Å²) >= 11 is 0. The topological polar surface area (TPSA) is 26.3 Å². The zero-order valence-electron chi connectivity index (χ0n) is 9.83. The molecule has 0 spiro atoms. The van der Waals surface area contributed by atoms with Crippen LogP contribution in [-0.2, 0) is 9.53 Å². The van der Waals surface area contributed by atoms with E-state index in [1.165, 1.54) is 0 Å². The molecule has 1 aliphatic carbocycles. The first kappa shape index (κ1) is 16.7. The highest BCUT2D eigenvalue weighted by Crippen LogP contribution is 2.60. The lowest BCUT2D eigenvalue weighted by atomic mass is 9.83. The highest BCUT2D eigenvalue weighted by atomic mass is 19.4. The van der Waals surface area contributed by atoms with E-state index in [2.05, 4.69) is 11.3 Å². The van der Waals surface area contributed by atoms with Gasteiger partial charge in [0.15, 0.2) is 6.17 Å². The summed E-state index contributed by atoms with van der Waals surface area (Å²) in [6, 6.07) is 0. The Morgan fingerprint density at radius 3 is 1.95 bits per heavy atom. The van der Waals surface area contributed by atoms with E-state index in [1.807, 2.05) is 0 Å². The van der Waals surface area contributed by atoms with Crippen molar-refractivity contribution >= 4 is 5.97 Å². The molecule has 2 atom stereocenters. The van der Waals surface area contributed by atoms with Gasteiger partial charge in [-0.15, -0.1) is 0 Å². The molecule has 1 rings (SSSR count). The Morgan fingerprint density at radius 2 is 1.55 bits per heavy atom. The normalized spacial score (nSPS) is 34.4. The van der Waals surface area contributed by atoms with Gasteiger partial charge in [-0.25, -0.2) is 9.18 Å². The molecule has 0 aromatic carbocycles. The third kappa shape index (κ3) is 1.96. The Morgan fingerprint density at radius 1 is 1.10 bits per heavy atom. The Balaban J connectivity index is 3.29. The van der Waals surface area contributed by atoms with Gasteiger partial charge in [0.2, 0.25) is 0 Å². The second kappa shape index (κ2) is 4.32. The number of esters is 1. The summed E-state index contributed by atoms with van der Waals surface area (Å²) in [5.41, 5.74) is -0.658. The molecule has 0 aromatic rings. The van der Waals surface area contributed by atoms with Crippen LogP contribution in [-0.4, -0.2) is 35.8 Å². The summed E-state index contributed by atoms with van der Waals surface area (Å²) in [6.45, 7) is 3.74. The van der Waals surface area contributed by atoms with Crippen LogP contribution in [0, 0.1) is 0 Å². The van der Waals surface area contributed by atoms with Crippen molar-refractivity contribution in [1.82, 2.24) is 0 Å². The molecular weight excluding hydrogens is 304 g/mol. The molecule has 2 unspecified atom stereocenters. The number of carbonyl (C=O) groups excluding carboxylic acids is 1. The van der Waals surface area contributed by atoms with E-state index >= 15 is 0 Å². The summed E-state index contributed by atoms with van der Waals surface area (Å²) in [5.74, 6) is -25.1. The van der Waals surface area contributed by atoms with Crippen molar-refractivity contribution in [2.45, 2.75) is 43.1 Å². The van der Waals surface area contributed by atoms with Gasteiger partial charge in [0.1, 0.15) is 0 Å². The number of rotatable bonds is 2. The molecule has 1 saturated carbocycles. The van der Waals surface area contributed by atoms with Gasteiger partial charge >= 0.3 is 29.6 Å². The minimum atomic E-state index is -6.37. The predicted octanol–water partition coefficient (Wildman–Crippen LogP) is 3.42. The maximum absolute atomic E-state index is 13.8. The number of hydrogen-bond donors (Lipinski definition) is 0. The van der Waals surface area contributed by atoms with Gasteiger partial charge in [-0.2, -0.15) is 30.7 Å². The van der Waals surface area contributed by atoms with E-state index in [9.17, 15) is 39.9 Å². The van der Waals surface area contributed by atoms with E-state index in [-0.39, 0.29) is 0 Å². The fourth-order valence-electron chi connectivity index (χ4n) is 1.47. The molecule has 0 amide bonds. The first-order valence-corrected chi connectivity index (χ1v) is 5.06. The lowest BCUT2D eigenvalue weighted by Crippen LogP contribution is -2.72. The Hall–Kier alpha value is -1.35. The maximum atomic E-state index is 13.8. The van der Waals surface area contributed by atoms with Crippen molar-refractivity contribution in [3.63, 3.8) is 0 Å². The molecule has 20 heavy (non-hydrogen) atoms. The molecule has 0 aromatic heterocycles. The van der Waals surface area contributed by atoms with Gasteiger partial charge in [0.25, 0.3) is 0 Å². The van der Waals surface area contributed by atoms with Crippen molar-refractivity contribution in [2.75, 3.05) is 0 Å². The Kier molecular flexibility index (Phi) is 3.61. The minimum Gasteiger partial charge on any atom is -0.418 e. The fourth-order valence-corrected chi connectivity index (χ4v) is 1.47. The molecular formula is C10H8F8O2. The summed E-state index contributed by atoms with van der Waals surface area (Å²) in [6.07, 6.45) is -6.39. The van der Waals surface area contributed by atoms with Crippen LogP contribution in [0.2, 0.25) is 0 Å². The van der Waals surface area contributed by atoms with Crippen molar-refractivity contribution in [3.8, 4) is 0 Å². The minimum absolute atomic E-state index is 0.658. The smallest absolute Gasteiger partial charge is 0.384 e. The van der Waals surface area contributed by atoms with Gasteiger partial charge in [-0.05, 0) is 6.92 Å². The zero-order chi connectivity index (χ0) is 16.1. The molecule has 0 aliphatic heterocycles. The number of ether oxygens (including phenoxy) is 1. The number of alkyl halides is 8. The van der Waals surface area contributed by atoms with Crippen LogP contribution in [0.1, 0.15) is 13.3 Å². The van der Waals surface area contributed by atoms with E-state index in [1.54, 1.807) is 0 Å². The molecule has 116 valence electrons. The highest BCUT2D eigenvalue weighted by Gasteiger charge is 2.87. The van der Waals surface area contributed by atoms with Crippen molar-refractivity contribution in [1.29, 1.82) is 0 Å². The SMILES string of the molecule is C=C(C)C(=O)OC1(F)CC(F)C(F)(F)C(F)(F)C1(F)F. The molecule has 0 N–H and O–H groups in total. The van der Waals surface area contributed by atoms with E-state index in [0.29, 0.717) is 0 Å². The number of carbonyl (C=O) groups is 1. The fraction of sp³-hybridized carbons (Fsp3) is 0.700. The quantitative estimate of drug-likeness (QED) is 0.444. The predicted molar refractivity (Wildman–Crippen MR) is 49.1 cm³/mol. The molecule has 10 heteroatoms. The van der Waals surface area contributed by atoms with E-state index < -0.39 is 47.8 Å². The van der Waals surface area contributed by atoms with E-state index in [4.69, 9.17) is 0 Å². The van der Waals surface area contributed by atoms with Crippen LogP contribution in [0.15, 0.2) is 12.2 Å². The van der Waals surface area contributed by atoms with Crippen molar-refractivity contribution in [2.24, 2.45) is 0 Å². The first-order valence-electron chi connectivity index (χ1n) is 5.06. The highest BCUT2D eigenvalue weighted by molar-refractivity contribution is 5.87. The van der Waals surface area contributed by atoms with Gasteiger partial charge in [-0.1, -0.05) is 6.58 Å². The molecule has 0 heterocycles. The lowest BCUT2D eigenvalue weighted by molar-refractivity contribution is -0.420. The standard InChI is InChI=1S/C10H8F8O2/c1-4(2)6(19)20-7(12)3-5(11)8(13,14)10(17,18)9(7,15)16/h5H,1,3H2,2H3. The molecule has 0 saturated heterocycles. The number of halogens is 8. The molecule has 0 bridgehead atoms. The Labute approximate surface area is 107 Å². The van der Waals surface area contributed by atoms with Gasteiger partial charge < -0.3 is 4.74 Å². The summed E-state index contributed by atoms with van der Waals surface area (Å²) in [7, 11) is 0. The third-order valence-corrected chi connectivity index (χ3v) is 2.72. The van der Waals surface area contributed by atoms with Crippen molar-refractivity contribution < 1.29 is 44.7 Å². The molecule has 0 radical (unpaired) electrons. The van der Waals surface area contributed by atoms with Gasteiger partial charge in [-0.3, -0.25) is 0 Å². The van der Waals surface area contributed by atoms with Crippen LogP contribution in [0.4, 0.5) is 35.1 Å². The molecule has 1 aliphatic rings. The second-order valence-corrected chi connectivity index (χ2v) is 4.34. The largest absolute Gasteiger partial charge is 0.418 e. The van der Waals surface area contributed by atoms with Gasteiger partial charge in [0.05, 0.1) is 6.42 Å². The summed E-state index contributed by atoms with van der Waals surface area (Å²) in [5, 5.41) is 0. The first-order chi connectivity index (χ1) is 8.71. The molecule has 1 fully saturated rings. The second-order valence-electron chi connectivity index (χ2n) is 4.34. The zero-order valence-corrected chi connectivity index (χ0v) is 9.83. The van der Waals surface area contributed by atoms with Crippen LogP contribution in [0.25, 0.3) is 0 Å².